The molecule has 1 aliphatic carbocycles. The number of hydrogen-bond donors (Lipinski definition) is 1. The summed E-state index contributed by atoms with van der Waals surface area (Å²) in [4.78, 5) is 14.3. The van der Waals surface area contributed by atoms with Crippen molar-refractivity contribution in [2.45, 2.75) is 18.9 Å². The maximum absolute atomic E-state index is 12.5. The minimum absolute atomic E-state index is 0.0402. The number of benzene rings is 1. The number of nitrogens with zero attached hydrogens (tertiary/aromatic N) is 1. The van der Waals surface area contributed by atoms with Gasteiger partial charge in [0.1, 0.15) is 5.75 Å². The average Bonchev–Trinajstić information content (AvgIpc) is 3.19. The van der Waals surface area contributed by atoms with Crippen molar-refractivity contribution in [2.75, 3.05) is 19.4 Å². The molecule has 0 saturated heterocycles. The van der Waals surface area contributed by atoms with Crippen molar-refractivity contribution < 1.29 is 9.53 Å². The van der Waals surface area contributed by atoms with Crippen LogP contribution in [0, 0.1) is 0 Å². The largest absolute Gasteiger partial charge is 0.496 e. The lowest BCUT2D eigenvalue weighted by Gasteiger charge is -2.22. The van der Waals surface area contributed by atoms with Crippen LogP contribution in [-0.2, 0) is 0 Å². The van der Waals surface area contributed by atoms with Crippen molar-refractivity contribution in [2.24, 2.45) is 0 Å². The number of carbonyl (C=O) groups excluding carboxylic acids is 1. The highest BCUT2D eigenvalue weighted by atomic mass is 16.5. The second-order valence-electron chi connectivity index (χ2n) is 4.44. The van der Waals surface area contributed by atoms with Crippen LogP contribution in [0.4, 0.5) is 5.69 Å². The molecule has 1 aromatic rings. The van der Waals surface area contributed by atoms with Gasteiger partial charge in [0.05, 0.1) is 12.7 Å². The van der Waals surface area contributed by atoms with Crippen LogP contribution in [0.1, 0.15) is 23.2 Å². The predicted octanol–water partition coefficient (Wildman–Crippen LogP) is 2.07. The van der Waals surface area contributed by atoms with E-state index in [-0.39, 0.29) is 5.91 Å². The second-order valence-corrected chi connectivity index (χ2v) is 4.44. The van der Waals surface area contributed by atoms with Gasteiger partial charge in [0.15, 0.2) is 0 Å². The maximum atomic E-state index is 12.5. The quantitative estimate of drug-likeness (QED) is 0.639. The summed E-state index contributed by atoms with van der Waals surface area (Å²) in [6.07, 6.45) is 3.86. The van der Waals surface area contributed by atoms with E-state index in [4.69, 9.17) is 10.5 Å². The first-order valence-corrected chi connectivity index (χ1v) is 6.02. The summed E-state index contributed by atoms with van der Waals surface area (Å²) in [7, 11) is 1.55. The third kappa shape index (κ3) is 2.47. The molecule has 0 atom stereocenters. The molecule has 4 heteroatoms. The molecule has 1 saturated carbocycles. The Hall–Kier alpha value is -1.97. The molecule has 0 aliphatic heterocycles. The number of nitrogens with two attached hydrogens (primary N) is 1. The summed E-state index contributed by atoms with van der Waals surface area (Å²) in [5.74, 6) is 0.519. The molecule has 4 nitrogen and oxygen atoms in total. The van der Waals surface area contributed by atoms with E-state index >= 15 is 0 Å². The Morgan fingerprint density at radius 3 is 2.89 bits per heavy atom. The number of amides is 1. The zero-order valence-corrected chi connectivity index (χ0v) is 10.6. The van der Waals surface area contributed by atoms with Gasteiger partial charge < -0.3 is 15.4 Å². The third-order valence-electron chi connectivity index (χ3n) is 3.03. The zero-order valence-electron chi connectivity index (χ0n) is 10.6. The van der Waals surface area contributed by atoms with Crippen molar-refractivity contribution in [3.8, 4) is 5.75 Å². The van der Waals surface area contributed by atoms with E-state index in [2.05, 4.69) is 6.58 Å². The Balaban J connectivity index is 2.30. The standard InChI is InChI=1S/C14H18N2O2/c1-3-8-16(11-5-6-11)14(17)12-9-10(15)4-7-13(12)18-2/h3-4,7,9,11H,1,5-6,8,15H2,2H3. The molecule has 1 aromatic carbocycles. The van der Waals surface area contributed by atoms with Gasteiger partial charge in [-0.25, -0.2) is 0 Å². The van der Waals surface area contributed by atoms with Crippen LogP contribution in [0.15, 0.2) is 30.9 Å². The Morgan fingerprint density at radius 1 is 1.61 bits per heavy atom. The molecule has 2 rings (SSSR count). The molecule has 0 aromatic heterocycles. The molecular formula is C14H18N2O2. The molecule has 0 unspecified atom stereocenters. The van der Waals surface area contributed by atoms with Crippen LogP contribution in [0.2, 0.25) is 0 Å². The lowest BCUT2D eigenvalue weighted by atomic mass is 10.1. The number of ether oxygens (including phenoxy) is 1. The lowest BCUT2D eigenvalue weighted by molar-refractivity contribution is 0.0759. The summed E-state index contributed by atoms with van der Waals surface area (Å²) in [6, 6.07) is 5.45. The molecule has 2 N–H and O–H groups in total. The van der Waals surface area contributed by atoms with Crippen molar-refractivity contribution >= 4 is 11.6 Å². The van der Waals surface area contributed by atoms with Gasteiger partial charge in [-0.05, 0) is 31.0 Å². The monoisotopic (exact) mass is 246 g/mol. The third-order valence-corrected chi connectivity index (χ3v) is 3.03. The number of methoxy groups -OCH3 is 1. The maximum Gasteiger partial charge on any atom is 0.258 e. The van der Waals surface area contributed by atoms with Gasteiger partial charge in [0.25, 0.3) is 5.91 Å². The van der Waals surface area contributed by atoms with Gasteiger partial charge in [-0.15, -0.1) is 6.58 Å². The summed E-state index contributed by atoms with van der Waals surface area (Å²) < 4.78 is 5.22. The summed E-state index contributed by atoms with van der Waals surface area (Å²) in [5.41, 5.74) is 6.82. The van der Waals surface area contributed by atoms with E-state index in [0.29, 0.717) is 29.6 Å². The number of carbonyl (C=O) groups is 1. The molecule has 1 amide bonds. The smallest absolute Gasteiger partial charge is 0.258 e. The number of nitrogen functional groups attached to an aromatic ring is 1. The molecule has 1 fully saturated rings. The summed E-state index contributed by atoms with van der Waals surface area (Å²) >= 11 is 0. The van der Waals surface area contributed by atoms with Gasteiger partial charge in [-0.1, -0.05) is 6.08 Å². The van der Waals surface area contributed by atoms with Crippen molar-refractivity contribution in [1.82, 2.24) is 4.90 Å². The highest BCUT2D eigenvalue weighted by molar-refractivity contribution is 5.98. The highest BCUT2D eigenvalue weighted by Gasteiger charge is 2.33. The van der Waals surface area contributed by atoms with Crippen LogP contribution in [-0.4, -0.2) is 30.5 Å². The second kappa shape index (κ2) is 5.12. The summed E-state index contributed by atoms with van der Waals surface area (Å²) in [5, 5.41) is 0. The van der Waals surface area contributed by atoms with E-state index in [1.807, 2.05) is 4.90 Å². The van der Waals surface area contributed by atoms with E-state index < -0.39 is 0 Å². The molecule has 0 bridgehead atoms. The van der Waals surface area contributed by atoms with Gasteiger partial charge in [-0.2, -0.15) is 0 Å². The first kappa shape index (κ1) is 12.5. The van der Waals surface area contributed by atoms with Gasteiger partial charge in [0, 0.05) is 18.3 Å². The zero-order chi connectivity index (χ0) is 13.1. The topological polar surface area (TPSA) is 55.6 Å². The summed E-state index contributed by atoms with van der Waals surface area (Å²) in [6.45, 7) is 4.25. The van der Waals surface area contributed by atoms with Crippen LogP contribution >= 0.6 is 0 Å². The molecule has 18 heavy (non-hydrogen) atoms. The Labute approximate surface area is 107 Å². The normalized spacial score (nSPS) is 14.1. The fraction of sp³-hybridized carbons (Fsp3) is 0.357. The highest BCUT2D eigenvalue weighted by Crippen LogP contribution is 2.30. The molecule has 0 spiro atoms. The van der Waals surface area contributed by atoms with Crippen molar-refractivity contribution in [3.63, 3.8) is 0 Å². The molecule has 96 valence electrons. The van der Waals surface area contributed by atoms with Crippen LogP contribution < -0.4 is 10.5 Å². The Kier molecular flexibility index (Phi) is 3.55. The molecular weight excluding hydrogens is 228 g/mol. The fourth-order valence-electron chi connectivity index (χ4n) is 1.97. The predicted molar refractivity (Wildman–Crippen MR) is 71.7 cm³/mol. The van der Waals surface area contributed by atoms with E-state index in [1.165, 1.54) is 0 Å². The van der Waals surface area contributed by atoms with Crippen LogP contribution in [0.25, 0.3) is 0 Å². The first-order valence-electron chi connectivity index (χ1n) is 6.02. The number of anilines is 1. The lowest BCUT2D eigenvalue weighted by Crippen LogP contribution is -2.33. The van der Waals surface area contributed by atoms with Crippen LogP contribution in [0.5, 0.6) is 5.75 Å². The van der Waals surface area contributed by atoms with E-state index in [9.17, 15) is 4.79 Å². The Bertz CT molecular complexity index is 467. The van der Waals surface area contributed by atoms with Crippen molar-refractivity contribution in [3.05, 3.63) is 36.4 Å². The van der Waals surface area contributed by atoms with Gasteiger partial charge >= 0.3 is 0 Å². The van der Waals surface area contributed by atoms with E-state index in [0.717, 1.165) is 12.8 Å². The molecule has 0 radical (unpaired) electrons. The number of rotatable bonds is 5. The van der Waals surface area contributed by atoms with Crippen LogP contribution in [0.3, 0.4) is 0 Å². The average molecular weight is 246 g/mol. The van der Waals surface area contributed by atoms with Gasteiger partial charge in [0.2, 0.25) is 0 Å². The van der Waals surface area contributed by atoms with E-state index in [1.54, 1.807) is 31.4 Å². The molecule has 0 heterocycles. The minimum atomic E-state index is -0.0402. The number of hydrogen-bond acceptors (Lipinski definition) is 3. The SMILES string of the molecule is C=CCN(C(=O)c1cc(N)ccc1OC)C1CC1. The Morgan fingerprint density at radius 2 is 2.33 bits per heavy atom. The fourth-order valence-corrected chi connectivity index (χ4v) is 1.97. The van der Waals surface area contributed by atoms with Gasteiger partial charge in [-0.3, -0.25) is 4.79 Å². The minimum Gasteiger partial charge on any atom is -0.496 e. The first-order chi connectivity index (χ1) is 8.67. The van der Waals surface area contributed by atoms with Crippen molar-refractivity contribution in [1.29, 1.82) is 0 Å². The molecule has 1 aliphatic rings.